The number of carbonyl (C=O) groups excluding carboxylic acids is 1. The zero-order valence-electron chi connectivity index (χ0n) is 10.8. The summed E-state index contributed by atoms with van der Waals surface area (Å²) >= 11 is 6.06. The Bertz CT molecular complexity index is 800. The van der Waals surface area contributed by atoms with Crippen molar-refractivity contribution in [1.29, 1.82) is 0 Å². The Labute approximate surface area is 121 Å². The van der Waals surface area contributed by atoms with Gasteiger partial charge in [0.05, 0.1) is 11.2 Å². The van der Waals surface area contributed by atoms with Crippen LogP contribution in [0.4, 0.5) is 0 Å². The van der Waals surface area contributed by atoms with Crippen LogP contribution < -0.4 is 0 Å². The molecule has 0 atom stereocenters. The maximum Gasteiger partial charge on any atom is 0.197 e. The molecule has 20 heavy (non-hydrogen) atoms. The van der Waals surface area contributed by atoms with Gasteiger partial charge in [-0.15, -0.1) is 0 Å². The van der Waals surface area contributed by atoms with Gasteiger partial charge in [-0.2, -0.15) is 0 Å². The number of rotatable bonds is 2. The number of nitrogens with zero attached hydrogens (tertiary/aromatic N) is 2. The second kappa shape index (κ2) is 5.02. The van der Waals surface area contributed by atoms with Crippen LogP contribution in [0.5, 0.6) is 0 Å². The maximum atomic E-state index is 11.6. The summed E-state index contributed by atoms with van der Waals surface area (Å²) in [4.78, 5) is 20.3. The van der Waals surface area contributed by atoms with E-state index in [0.29, 0.717) is 10.5 Å². The molecule has 2 aromatic carbocycles. The smallest absolute Gasteiger partial charge is 0.197 e. The van der Waals surface area contributed by atoms with E-state index in [-0.39, 0.29) is 11.6 Å². The number of ketones is 1. The molecule has 3 nitrogen and oxygen atoms in total. The molecule has 4 heteroatoms. The van der Waals surface area contributed by atoms with Gasteiger partial charge in [-0.05, 0) is 18.2 Å². The molecule has 0 saturated carbocycles. The molecule has 3 rings (SSSR count). The van der Waals surface area contributed by atoms with E-state index < -0.39 is 0 Å². The summed E-state index contributed by atoms with van der Waals surface area (Å²) in [6.07, 6.45) is 0. The minimum absolute atomic E-state index is 0.154. The summed E-state index contributed by atoms with van der Waals surface area (Å²) in [5, 5.41) is 1.46. The van der Waals surface area contributed by atoms with Crippen LogP contribution in [0.1, 0.15) is 17.5 Å². The van der Waals surface area contributed by atoms with Gasteiger partial charge in [-0.3, -0.25) is 4.79 Å². The standard InChI is InChI=1S/C16H11ClN2O/c1-10(20)16-18-14-8-7-12(17)9-13(14)15(19-16)11-5-3-2-4-6-11/h2-9H,1H3. The highest BCUT2D eigenvalue weighted by atomic mass is 35.5. The van der Waals surface area contributed by atoms with Crippen molar-refractivity contribution in [3.05, 3.63) is 59.4 Å². The van der Waals surface area contributed by atoms with E-state index in [1.807, 2.05) is 36.4 Å². The monoisotopic (exact) mass is 282 g/mol. The van der Waals surface area contributed by atoms with Gasteiger partial charge in [-0.25, -0.2) is 9.97 Å². The number of carbonyl (C=O) groups is 1. The molecule has 98 valence electrons. The minimum atomic E-state index is -0.154. The highest BCUT2D eigenvalue weighted by Crippen LogP contribution is 2.28. The van der Waals surface area contributed by atoms with Gasteiger partial charge in [0.2, 0.25) is 0 Å². The van der Waals surface area contributed by atoms with E-state index in [1.54, 1.807) is 12.1 Å². The molecule has 0 aliphatic carbocycles. The molecular formula is C16H11ClN2O. The number of benzene rings is 2. The summed E-state index contributed by atoms with van der Waals surface area (Å²) in [5.41, 5.74) is 2.38. The summed E-state index contributed by atoms with van der Waals surface area (Å²) in [7, 11) is 0. The number of halogens is 1. The summed E-state index contributed by atoms with van der Waals surface area (Å²) in [5.74, 6) is 0.0673. The molecule has 0 fully saturated rings. The first-order chi connectivity index (χ1) is 9.65. The van der Waals surface area contributed by atoms with Crippen molar-refractivity contribution >= 4 is 28.3 Å². The van der Waals surface area contributed by atoms with E-state index in [1.165, 1.54) is 6.92 Å². The van der Waals surface area contributed by atoms with E-state index in [4.69, 9.17) is 11.6 Å². The van der Waals surface area contributed by atoms with Gasteiger partial charge in [0.25, 0.3) is 0 Å². The molecule has 0 bridgehead atoms. The van der Waals surface area contributed by atoms with E-state index in [0.717, 1.165) is 16.6 Å². The van der Waals surface area contributed by atoms with Gasteiger partial charge in [0.15, 0.2) is 11.6 Å². The molecule has 0 amide bonds. The lowest BCUT2D eigenvalue weighted by Gasteiger charge is -2.08. The molecule has 1 heterocycles. The van der Waals surface area contributed by atoms with Crippen LogP contribution >= 0.6 is 11.6 Å². The Hall–Kier alpha value is -2.26. The lowest BCUT2D eigenvalue weighted by atomic mass is 10.1. The van der Waals surface area contributed by atoms with Crippen LogP contribution in [-0.2, 0) is 0 Å². The number of hydrogen-bond acceptors (Lipinski definition) is 3. The number of fused-ring (bicyclic) bond motifs is 1. The van der Waals surface area contributed by atoms with Gasteiger partial charge in [0, 0.05) is 22.9 Å². The van der Waals surface area contributed by atoms with Gasteiger partial charge >= 0.3 is 0 Å². The highest BCUT2D eigenvalue weighted by Gasteiger charge is 2.12. The predicted molar refractivity (Wildman–Crippen MR) is 80.0 cm³/mol. The molecular weight excluding hydrogens is 272 g/mol. The van der Waals surface area contributed by atoms with E-state index in [9.17, 15) is 4.79 Å². The Kier molecular flexibility index (Phi) is 3.20. The Balaban J connectivity index is 2.38. The molecule has 0 unspecified atom stereocenters. The van der Waals surface area contributed by atoms with Crippen LogP contribution in [0.25, 0.3) is 22.2 Å². The van der Waals surface area contributed by atoms with Gasteiger partial charge in [0.1, 0.15) is 0 Å². The van der Waals surface area contributed by atoms with Crippen LogP contribution in [0.3, 0.4) is 0 Å². The first-order valence-corrected chi connectivity index (χ1v) is 6.56. The average Bonchev–Trinajstić information content (AvgIpc) is 2.47. The lowest BCUT2D eigenvalue weighted by molar-refractivity contribution is 0.100. The normalized spacial score (nSPS) is 10.7. The van der Waals surface area contributed by atoms with Crippen LogP contribution in [0.15, 0.2) is 48.5 Å². The van der Waals surface area contributed by atoms with Crippen molar-refractivity contribution in [2.75, 3.05) is 0 Å². The maximum absolute atomic E-state index is 11.6. The SMILES string of the molecule is CC(=O)c1nc(-c2ccccc2)c2cc(Cl)ccc2n1. The third kappa shape index (κ3) is 2.28. The van der Waals surface area contributed by atoms with E-state index >= 15 is 0 Å². The zero-order chi connectivity index (χ0) is 14.1. The largest absolute Gasteiger partial charge is 0.291 e. The van der Waals surface area contributed by atoms with Crippen molar-refractivity contribution in [1.82, 2.24) is 9.97 Å². The Morgan fingerprint density at radius 1 is 1.05 bits per heavy atom. The third-order valence-corrected chi connectivity index (χ3v) is 3.25. The number of aromatic nitrogens is 2. The fourth-order valence-corrected chi connectivity index (χ4v) is 2.25. The Morgan fingerprint density at radius 3 is 2.50 bits per heavy atom. The number of hydrogen-bond donors (Lipinski definition) is 0. The first kappa shape index (κ1) is 12.8. The van der Waals surface area contributed by atoms with Crippen molar-refractivity contribution in [2.45, 2.75) is 6.92 Å². The van der Waals surface area contributed by atoms with Crippen molar-refractivity contribution in [3.63, 3.8) is 0 Å². The fraction of sp³-hybridized carbons (Fsp3) is 0.0625. The average molecular weight is 283 g/mol. The van der Waals surface area contributed by atoms with Crippen LogP contribution in [-0.4, -0.2) is 15.8 Å². The topological polar surface area (TPSA) is 42.9 Å². The quantitative estimate of drug-likeness (QED) is 0.663. The van der Waals surface area contributed by atoms with Gasteiger partial charge < -0.3 is 0 Å². The lowest BCUT2D eigenvalue weighted by Crippen LogP contribution is -2.03. The van der Waals surface area contributed by atoms with Crippen molar-refractivity contribution in [3.8, 4) is 11.3 Å². The Morgan fingerprint density at radius 2 is 1.80 bits per heavy atom. The minimum Gasteiger partial charge on any atom is -0.291 e. The number of Topliss-reactive ketones (excluding diaryl/α,β-unsaturated/α-hetero) is 1. The molecule has 0 aliphatic heterocycles. The highest BCUT2D eigenvalue weighted by molar-refractivity contribution is 6.31. The predicted octanol–water partition coefficient (Wildman–Crippen LogP) is 4.15. The van der Waals surface area contributed by atoms with Gasteiger partial charge in [-0.1, -0.05) is 41.9 Å². The molecule has 0 aliphatic rings. The second-order valence-corrected chi connectivity index (χ2v) is 4.92. The van der Waals surface area contributed by atoms with E-state index in [2.05, 4.69) is 9.97 Å². The first-order valence-electron chi connectivity index (χ1n) is 6.19. The second-order valence-electron chi connectivity index (χ2n) is 4.48. The zero-order valence-corrected chi connectivity index (χ0v) is 11.6. The van der Waals surface area contributed by atoms with Crippen LogP contribution in [0.2, 0.25) is 5.02 Å². The molecule has 0 spiro atoms. The molecule has 0 saturated heterocycles. The third-order valence-electron chi connectivity index (χ3n) is 3.02. The van der Waals surface area contributed by atoms with Crippen molar-refractivity contribution in [2.24, 2.45) is 0 Å². The van der Waals surface area contributed by atoms with Crippen LogP contribution in [0, 0.1) is 0 Å². The summed E-state index contributed by atoms with van der Waals surface area (Å²) in [6, 6.07) is 15.1. The summed E-state index contributed by atoms with van der Waals surface area (Å²) in [6.45, 7) is 1.46. The van der Waals surface area contributed by atoms with Crippen molar-refractivity contribution < 1.29 is 4.79 Å². The summed E-state index contributed by atoms with van der Waals surface area (Å²) < 4.78 is 0. The molecule has 0 radical (unpaired) electrons. The fourth-order valence-electron chi connectivity index (χ4n) is 2.07. The molecule has 1 aromatic heterocycles. The molecule has 3 aromatic rings. The molecule has 0 N–H and O–H groups in total.